The monoisotopic (exact) mass is 297 g/mol. The highest BCUT2D eigenvalue weighted by Gasteiger charge is 2.17. The molecule has 0 amide bonds. The molecular weight excluding hydrogens is 284 g/mol. The number of hydrogen-bond donors (Lipinski definition) is 1. The second-order valence-electron chi connectivity index (χ2n) is 4.39. The van der Waals surface area contributed by atoms with E-state index in [0.717, 1.165) is 0 Å². The van der Waals surface area contributed by atoms with Gasteiger partial charge in [-0.15, -0.1) is 0 Å². The maximum absolute atomic E-state index is 14.0. The highest BCUT2D eigenvalue weighted by Crippen LogP contribution is 2.28. The van der Waals surface area contributed by atoms with Crippen molar-refractivity contribution in [3.8, 4) is 5.75 Å². The highest BCUT2D eigenvalue weighted by molar-refractivity contribution is 6.31. The number of benzene rings is 2. The predicted molar refractivity (Wildman–Crippen MR) is 75.0 cm³/mol. The third-order valence-corrected chi connectivity index (χ3v) is 3.48. The first-order valence-corrected chi connectivity index (χ1v) is 6.43. The molecule has 0 heterocycles. The first kappa shape index (κ1) is 14.8. The topological polar surface area (TPSA) is 35.2 Å². The number of hydrogen-bond acceptors (Lipinski definition) is 2. The van der Waals surface area contributed by atoms with Crippen molar-refractivity contribution >= 4 is 11.6 Å². The Labute approximate surface area is 121 Å². The number of rotatable bonds is 4. The van der Waals surface area contributed by atoms with Gasteiger partial charge in [0.1, 0.15) is 5.82 Å². The lowest BCUT2D eigenvalue weighted by Crippen LogP contribution is -2.15. The number of ether oxygens (including phenoxy) is 1. The van der Waals surface area contributed by atoms with Crippen LogP contribution < -0.4 is 10.5 Å². The second kappa shape index (κ2) is 6.20. The molecule has 0 aliphatic carbocycles. The molecule has 0 fully saturated rings. The average Bonchev–Trinajstić information content (AvgIpc) is 2.44. The summed E-state index contributed by atoms with van der Waals surface area (Å²) in [6, 6.07) is 8.64. The Morgan fingerprint density at radius 2 is 1.90 bits per heavy atom. The molecule has 1 atom stereocenters. The summed E-state index contributed by atoms with van der Waals surface area (Å²) in [5.74, 6) is -0.844. The predicted octanol–water partition coefficient (Wildman–Crippen LogP) is 3.87. The van der Waals surface area contributed by atoms with Gasteiger partial charge in [-0.25, -0.2) is 8.78 Å². The molecule has 5 heteroatoms. The molecule has 0 radical (unpaired) electrons. The van der Waals surface area contributed by atoms with Crippen LogP contribution >= 0.6 is 11.6 Å². The molecule has 2 rings (SSSR count). The molecular formula is C15H14ClF2NO. The fraction of sp³-hybridized carbons (Fsp3) is 0.200. The molecule has 0 bridgehead atoms. The van der Waals surface area contributed by atoms with Crippen LogP contribution in [0, 0.1) is 11.6 Å². The molecule has 0 aliphatic heterocycles. The molecule has 2 aromatic rings. The van der Waals surface area contributed by atoms with E-state index in [1.807, 2.05) is 0 Å². The van der Waals surface area contributed by atoms with Crippen LogP contribution in [-0.2, 0) is 6.42 Å². The molecule has 0 aliphatic rings. The summed E-state index contributed by atoms with van der Waals surface area (Å²) in [6.45, 7) is 0. The Bertz CT molecular complexity index is 619. The van der Waals surface area contributed by atoms with Crippen LogP contribution in [0.4, 0.5) is 8.78 Å². The van der Waals surface area contributed by atoms with Crippen molar-refractivity contribution in [2.45, 2.75) is 12.5 Å². The molecule has 2 N–H and O–H groups in total. The Kier molecular flexibility index (Phi) is 4.57. The molecule has 1 unspecified atom stereocenters. The van der Waals surface area contributed by atoms with Crippen LogP contribution in [0.15, 0.2) is 36.4 Å². The lowest BCUT2D eigenvalue weighted by Gasteiger charge is -2.15. The van der Waals surface area contributed by atoms with E-state index in [1.165, 1.54) is 25.3 Å². The summed E-state index contributed by atoms with van der Waals surface area (Å²) in [5, 5.41) is -0.0247. The summed E-state index contributed by atoms with van der Waals surface area (Å²) < 4.78 is 32.3. The molecule has 106 valence electrons. The van der Waals surface area contributed by atoms with E-state index in [2.05, 4.69) is 0 Å². The van der Waals surface area contributed by atoms with Gasteiger partial charge in [0.25, 0.3) is 0 Å². The van der Waals surface area contributed by atoms with Crippen molar-refractivity contribution in [3.05, 3.63) is 64.2 Å². The molecule has 0 spiro atoms. The van der Waals surface area contributed by atoms with Gasteiger partial charge < -0.3 is 10.5 Å². The minimum atomic E-state index is -0.597. The fourth-order valence-corrected chi connectivity index (χ4v) is 2.29. The van der Waals surface area contributed by atoms with Gasteiger partial charge in [0.15, 0.2) is 11.6 Å². The summed E-state index contributed by atoms with van der Waals surface area (Å²) in [6.07, 6.45) is 0.201. The molecule has 0 saturated carbocycles. The fourth-order valence-electron chi connectivity index (χ4n) is 2.03. The molecule has 2 nitrogen and oxygen atoms in total. The highest BCUT2D eigenvalue weighted by atomic mass is 35.5. The van der Waals surface area contributed by atoms with Crippen LogP contribution in [0.2, 0.25) is 5.02 Å². The first-order valence-electron chi connectivity index (χ1n) is 6.05. The van der Waals surface area contributed by atoms with Gasteiger partial charge in [-0.3, -0.25) is 0 Å². The molecule has 2 aromatic carbocycles. The van der Waals surface area contributed by atoms with Crippen LogP contribution in [0.25, 0.3) is 0 Å². The van der Waals surface area contributed by atoms with Gasteiger partial charge in [0.2, 0.25) is 0 Å². The maximum atomic E-state index is 14.0. The molecule has 20 heavy (non-hydrogen) atoms. The van der Waals surface area contributed by atoms with Gasteiger partial charge in [0, 0.05) is 6.04 Å². The summed E-state index contributed by atoms with van der Waals surface area (Å²) in [5.41, 5.74) is 6.85. The van der Waals surface area contributed by atoms with Crippen LogP contribution in [0.3, 0.4) is 0 Å². The quantitative estimate of drug-likeness (QED) is 0.930. The van der Waals surface area contributed by atoms with E-state index in [0.29, 0.717) is 11.1 Å². The van der Waals surface area contributed by atoms with Gasteiger partial charge in [-0.2, -0.15) is 0 Å². The Morgan fingerprint density at radius 3 is 2.60 bits per heavy atom. The second-order valence-corrected chi connectivity index (χ2v) is 4.77. The zero-order chi connectivity index (χ0) is 14.7. The first-order chi connectivity index (χ1) is 9.54. The lowest BCUT2D eigenvalue weighted by molar-refractivity contribution is 0.383. The van der Waals surface area contributed by atoms with E-state index in [4.69, 9.17) is 22.1 Å². The Hall–Kier alpha value is -1.65. The minimum Gasteiger partial charge on any atom is -0.494 e. The Balaban J connectivity index is 2.28. The number of halogens is 3. The smallest absolute Gasteiger partial charge is 0.168 e. The van der Waals surface area contributed by atoms with E-state index in [1.54, 1.807) is 18.2 Å². The van der Waals surface area contributed by atoms with E-state index < -0.39 is 17.7 Å². The average molecular weight is 298 g/mol. The maximum Gasteiger partial charge on any atom is 0.168 e. The molecule has 0 saturated heterocycles. The van der Waals surface area contributed by atoms with Gasteiger partial charge in [0.05, 0.1) is 12.1 Å². The van der Waals surface area contributed by atoms with Crippen molar-refractivity contribution in [2.75, 3.05) is 7.11 Å². The largest absolute Gasteiger partial charge is 0.494 e. The SMILES string of the molecule is COc1cccc(CC(N)c2cccc(F)c2Cl)c1F. The van der Waals surface area contributed by atoms with Crippen molar-refractivity contribution in [2.24, 2.45) is 5.73 Å². The minimum absolute atomic E-state index is 0.0247. The third-order valence-electron chi connectivity index (χ3n) is 3.08. The van der Waals surface area contributed by atoms with E-state index >= 15 is 0 Å². The number of nitrogens with two attached hydrogens (primary N) is 1. The zero-order valence-electron chi connectivity index (χ0n) is 10.9. The van der Waals surface area contributed by atoms with Crippen molar-refractivity contribution in [3.63, 3.8) is 0 Å². The van der Waals surface area contributed by atoms with Crippen molar-refractivity contribution in [1.82, 2.24) is 0 Å². The summed E-state index contributed by atoms with van der Waals surface area (Å²) in [7, 11) is 1.39. The van der Waals surface area contributed by atoms with Crippen molar-refractivity contribution < 1.29 is 13.5 Å². The van der Waals surface area contributed by atoms with Crippen LogP contribution in [0.1, 0.15) is 17.2 Å². The van der Waals surface area contributed by atoms with E-state index in [9.17, 15) is 8.78 Å². The Morgan fingerprint density at radius 1 is 1.20 bits per heavy atom. The summed E-state index contributed by atoms with van der Waals surface area (Å²) in [4.78, 5) is 0. The van der Waals surface area contributed by atoms with E-state index in [-0.39, 0.29) is 17.2 Å². The van der Waals surface area contributed by atoms with Gasteiger partial charge >= 0.3 is 0 Å². The third kappa shape index (κ3) is 2.92. The normalized spacial score (nSPS) is 12.2. The molecule has 0 aromatic heterocycles. The lowest BCUT2D eigenvalue weighted by atomic mass is 9.99. The van der Waals surface area contributed by atoms with Crippen LogP contribution in [0.5, 0.6) is 5.75 Å². The van der Waals surface area contributed by atoms with Crippen LogP contribution in [-0.4, -0.2) is 7.11 Å². The van der Waals surface area contributed by atoms with Crippen molar-refractivity contribution in [1.29, 1.82) is 0 Å². The van der Waals surface area contributed by atoms with Gasteiger partial charge in [-0.05, 0) is 29.7 Å². The van der Waals surface area contributed by atoms with Gasteiger partial charge in [-0.1, -0.05) is 35.9 Å². The summed E-state index contributed by atoms with van der Waals surface area (Å²) >= 11 is 5.88. The standard InChI is InChI=1S/C15H14ClF2NO/c1-20-13-7-2-4-9(15(13)18)8-12(19)10-5-3-6-11(17)14(10)16/h2-7,12H,8,19H2,1H3. The zero-order valence-corrected chi connectivity index (χ0v) is 11.6. The number of methoxy groups -OCH3 is 1.